The second kappa shape index (κ2) is 12.2. The Morgan fingerprint density at radius 1 is 0.885 bits per heavy atom. The van der Waals surface area contributed by atoms with E-state index in [0.29, 0.717) is 44.8 Å². The standard InChI is InChI=1S/C20H32N2O4/c1-15(2)6-3-7-16-12-17(25-10-4-8-19(21)23)14-18(13-16)26-11-5-9-20(22)24/h12-15H,3-11H2,1-2H3,(H2,21,23)(H2,22,24). The second-order valence-corrected chi connectivity index (χ2v) is 6.94. The zero-order chi connectivity index (χ0) is 19.4. The molecule has 2 amide bonds. The molecule has 26 heavy (non-hydrogen) atoms. The number of rotatable bonds is 14. The smallest absolute Gasteiger partial charge is 0.217 e. The van der Waals surface area contributed by atoms with Crippen LogP contribution in [0.2, 0.25) is 0 Å². The largest absolute Gasteiger partial charge is 0.493 e. The molecular weight excluding hydrogens is 332 g/mol. The number of hydrogen-bond acceptors (Lipinski definition) is 4. The molecule has 0 spiro atoms. The van der Waals surface area contributed by atoms with Gasteiger partial charge in [0.1, 0.15) is 11.5 Å². The Morgan fingerprint density at radius 2 is 1.38 bits per heavy atom. The fraction of sp³-hybridized carbons (Fsp3) is 0.600. The molecule has 0 heterocycles. The molecular formula is C20H32N2O4. The summed E-state index contributed by atoms with van der Waals surface area (Å²) in [6, 6.07) is 5.86. The highest BCUT2D eigenvalue weighted by Gasteiger charge is 2.06. The first kappa shape index (κ1) is 21.8. The van der Waals surface area contributed by atoms with Crippen LogP contribution in [0.4, 0.5) is 0 Å². The van der Waals surface area contributed by atoms with Crippen molar-refractivity contribution in [2.24, 2.45) is 17.4 Å². The molecule has 6 heteroatoms. The molecule has 0 aliphatic rings. The number of aryl methyl sites for hydroxylation is 1. The van der Waals surface area contributed by atoms with Gasteiger partial charge >= 0.3 is 0 Å². The SMILES string of the molecule is CC(C)CCCc1cc(OCCCC(N)=O)cc(OCCCC(N)=O)c1. The van der Waals surface area contributed by atoms with Gasteiger partial charge in [-0.05, 0) is 49.3 Å². The summed E-state index contributed by atoms with van der Waals surface area (Å²) in [6.45, 7) is 5.29. The summed E-state index contributed by atoms with van der Waals surface area (Å²) >= 11 is 0. The van der Waals surface area contributed by atoms with Crippen LogP contribution in [0.1, 0.15) is 57.9 Å². The van der Waals surface area contributed by atoms with Crippen molar-refractivity contribution in [2.45, 2.75) is 58.8 Å². The first-order valence-corrected chi connectivity index (χ1v) is 9.33. The van der Waals surface area contributed by atoms with E-state index >= 15 is 0 Å². The molecule has 0 fully saturated rings. The Hall–Kier alpha value is -2.24. The van der Waals surface area contributed by atoms with E-state index in [2.05, 4.69) is 13.8 Å². The van der Waals surface area contributed by atoms with E-state index in [1.54, 1.807) is 0 Å². The maximum absolute atomic E-state index is 10.8. The van der Waals surface area contributed by atoms with Crippen molar-refractivity contribution in [3.8, 4) is 11.5 Å². The molecule has 1 rings (SSSR count). The van der Waals surface area contributed by atoms with E-state index < -0.39 is 0 Å². The maximum atomic E-state index is 10.8. The Labute approximate surface area is 156 Å². The highest BCUT2D eigenvalue weighted by Crippen LogP contribution is 2.25. The number of carbonyl (C=O) groups is 2. The van der Waals surface area contributed by atoms with Crippen molar-refractivity contribution in [3.05, 3.63) is 23.8 Å². The zero-order valence-corrected chi connectivity index (χ0v) is 16.0. The first-order chi connectivity index (χ1) is 12.4. The Balaban J connectivity index is 2.64. The van der Waals surface area contributed by atoms with Crippen LogP contribution >= 0.6 is 0 Å². The van der Waals surface area contributed by atoms with E-state index in [-0.39, 0.29) is 11.8 Å². The Morgan fingerprint density at radius 3 is 1.81 bits per heavy atom. The second-order valence-electron chi connectivity index (χ2n) is 6.94. The Bertz CT molecular complexity index is 533. The molecule has 6 nitrogen and oxygen atoms in total. The first-order valence-electron chi connectivity index (χ1n) is 9.33. The predicted octanol–water partition coefficient (Wildman–Crippen LogP) is 2.95. The number of benzene rings is 1. The van der Waals surface area contributed by atoms with Gasteiger partial charge in [0.05, 0.1) is 13.2 Å². The van der Waals surface area contributed by atoms with Crippen LogP contribution in [0.5, 0.6) is 11.5 Å². The number of carbonyl (C=O) groups excluding carboxylic acids is 2. The lowest BCUT2D eigenvalue weighted by Crippen LogP contribution is -2.12. The predicted molar refractivity (Wildman–Crippen MR) is 102 cm³/mol. The van der Waals surface area contributed by atoms with Crippen LogP contribution in [0.3, 0.4) is 0 Å². The summed E-state index contributed by atoms with van der Waals surface area (Å²) < 4.78 is 11.5. The van der Waals surface area contributed by atoms with Crippen LogP contribution in [-0.4, -0.2) is 25.0 Å². The van der Waals surface area contributed by atoms with Crippen molar-refractivity contribution in [1.82, 2.24) is 0 Å². The van der Waals surface area contributed by atoms with Gasteiger partial charge in [-0.25, -0.2) is 0 Å². The number of primary amides is 2. The van der Waals surface area contributed by atoms with Gasteiger partial charge < -0.3 is 20.9 Å². The maximum Gasteiger partial charge on any atom is 0.217 e. The van der Waals surface area contributed by atoms with Gasteiger partial charge in [0.25, 0.3) is 0 Å². The number of ether oxygens (including phenoxy) is 2. The van der Waals surface area contributed by atoms with Gasteiger partial charge in [-0.15, -0.1) is 0 Å². The van der Waals surface area contributed by atoms with Crippen molar-refractivity contribution in [2.75, 3.05) is 13.2 Å². The minimum atomic E-state index is -0.325. The van der Waals surface area contributed by atoms with Crippen molar-refractivity contribution in [1.29, 1.82) is 0 Å². The van der Waals surface area contributed by atoms with Gasteiger partial charge in [0.2, 0.25) is 11.8 Å². The van der Waals surface area contributed by atoms with Gasteiger partial charge in [-0.3, -0.25) is 9.59 Å². The summed E-state index contributed by atoms with van der Waals surface area (Å²) in [5.74, 6) is 1.47. The van der Waals surface area contributed by atoms with E-state index in [1.165, 1.54) is 6.42 Å². The van der Waals surface area contributed by atoms with Crippen molar-refractivity contribution >= 4 is 11.8 Å². The number of hydrogen-bond donors (Lipinski definition) is 2. The van der Waals surface area contributed by atoms with E-state index in [4.69, 9.17) is 20.9 Å². The van der Waals surface area contributed by atoms with Crippen molar-refractivity contribution in [3.63, 3.8) is 0 Å². The highest BCUT2D eigenvalue weighted by atomic mass is 16.5. The molecule has 0 aromatic heterocycles. The highest BCUT2D eigenvalue weighted by molar-refractivity contribution is 5.73. The van der Waals surface area contributed by atoms with E-state index in [1.807, 2.05) is 18.2 Å². The van der Waals surface area contributed by atoms with Gasteiger partial charge in [0, 0.05) is 18.9 Å². The molecule has 4 N–H and O–H groups in total. The average molecular weight is 364 g/mol. The molecule has 1 aromatic carbocycles. The lowest BCUT2D eigenvalue weighted by molar-refractivity contribution is -0.119. The minimum Gasteiger partial charge on any atom is -0.493 e. The molecule has 0 atom stereocenters. The molecule has 0 radical (unpaired) electrons. The van der Waals surface area contributed by atoms with E-state index in [9.17, 15) is 9.59 Å². The van der Waals surface area contributed by atoms with E-state index in [0.717, 1.165) is 29.9 Å². The molecule has 0 saturated carbocycles. The lowest BCUT2D eigenvalue weighted by atomic mass is 10.0. The number of amides is 2. The molecule has 146 valence electrons. The minimum absolute atomic E-state index is 0.310. The summed E-state index contributed by atoms with van der Waals surface area (Å²) in [6.07, 6.45) is 5.01. The van der Waals surface area contributed by atoms with Gasteiger partial charge in [-0.2, -0.15) is 0 Å². The van der Waals surface area contributed by atoms with Crippen LogP contribution in [0, 0.1) is 5.92 Å². The molecule has 0 saturated heterocycles. The summed E-state index contributed by atoms with van der Waals surface area (Å²) in [5.41, 5.74) is 11.4. The summed E-state index contributed by atoms with van der Waals surface area (Å²) in [7, 11) is 0. The Kier molecular flexibility index (Phi) is 10.2. The normalized spacial score (nSPS) is 10.7. The van der Waals surface area contributed by atoms with Gasteiger partial charge in [-0.1, -0.05) is 20.3 Å². The topological polar surface area (TPSA) is 105 Å². The molecule has 0 aliphatic carbocycles. The molecule has 0 unspecified atom stereocenters. The molecule has 0 aliphatic heterocycles. The molecule has 1 aromatic rings. The lowest BCUT2D eigenvalue weighted by Gasteiger charge is -2.13. The quantitative estimate of drug-likeness (QED) is 0.495. The third-order valence-electron chi connectivity index (χ3n) is 3.86. The average Bonchev–Trinajstić information content (AvgIpc) is 2.55. The number of nitrogens with two attached hydrogens (primary N) is 2. The molecule has 0 bridgehead atoms. The van der Waals surface area contributed by atoms with Crippen LogP contribution in [0.15, 0.2) is 18.2 Å². The zero-order valence-electron chi connectivity index (χ0n) is 16.0. The van der Waals surface area contributed by atoms with Gasteiger partial charge in [0.15, 0.2) is 0 Å². The third kappa shape index (κ3) is 10.6. The summed E-state index contributed by atoms with van der Waals surface area (Å²) in [5, 5.41) is 0. The summed E-state index contributed by atoms with van der Waals surface area (Å²) in [4.78, 5) is 21.6. The van der Waals surface area contributed by atoms with Crippen LogP contribution < -0.4 is 20.9 Å². The fourth-order valence-electron chi connectivity index (χ4n) is 2.53. The monoisotopic (exact) mass is 364 g/mol. The van der Waals surface area contributed by atoms with Crippen molar-refractivity contribution < 1.29 is 19.1 Å². The van der Waals surface area contributed by atoms with Crippen LogP contribution in [0.25, 0.3) is 0 Å². The van der Waals surface area contributed by atoms with Crippen LogP contribution in [-0.2, 0) is 16.0 Å². The fourth-order valence-corrected chi connectivity index (χ4v) is 2.53. The third-order valence-corrected chi connectivity index (χ3v) is 3.86.